The Bertz CT molecular complexity index is 764. The van der Waals surface area contributed by atoms with Gasteiger partial charge in [-0.2, -0.15) is 0 Å². The van der Waals surface area contributed by atoms with E-state index in [-0.39, 0.29) is 19.3 Å². The Kier molecular flexibility index (Phi) is 8.49. The third-order valence-corrected chi connectivity index (χ3v) is 8.05. The summed E-state index contributed by atoms with van der Waals surface area (Å²) in [5.41, 5.74) is 0.704. The fourth-order valence-corrected chi connectivity index (χ4v) is 5.97. The smallest absolute Gasteiger partial charge is 0.251 e. The van der Waals surface area contributed by atoms with E-state index in [0.29, 0.717) is 12.1 Å². The van der Waals surface area contributed by atoms with E-state index in [0.717, 1.165) is 57.5 Å². The second-order valence-electron chi connectivity index (χ2n) is 9.36. The molecule has 2 amide bonds. The Labute approximate surface area is 198 Å². The van der Waals surface area contributed by atoms with Gasteiger partial charge in [0.2, 0.25) is 5.91 Å². The van der Waals surface area contributed by atoms with Gasteiger partial charge in [0.1, 0.15) is 0 Å². The highest BCUT2D eigenvalue weighted by Crippen LogP contribution is 2.23. The van der Waals surface area contributed by atoms with Crippen molar-refractivity contribution in [3.8, 4) is 0 Å². The van der Waals surface area contributed by atoms with Crippen LogP contribution in [0, 0.1) is 0 Å². The predicted octanol–water partition coefficient (Wildman–Crippen LogP) is 3.33. The molecule has 1 aliphatic carbocycles. The summed E-state index contributed by atoms with van der Waals surface area (Å²) in [4.78, 5) is 33.5. The standard InChI is InChI=1S/C25H38N4O2S.H2/c1-2-32-23-10-8-20(9-11-23)25(31)26-21-12-13-27(18-21)19-24(30)29-16-14-28(15-17-29)22-6-4-3-5-7-22;/h8-11,21-22H,2-7,12-19H2,1H3,(H,26,31);1H. The molecule has 1 aromatic rings. The highest BCUT2D eigenvalue weighted by Gasteiger charge is 2.30. The lowest BCUT2D eigenvalue weighted by Crippen LogP contribution is -2.54. The number of carbonyl (C=O) groups excluding carboxylic acids is 2. The van der Waals surface area contributed by atoms with E-state index in [4.69, 9.17) is 0 Å². The molecule has 1 aromatic carbocycles. The van der Waals surface area contributed by atoms with E-state index in [1.54, 1.807) is 11.8 Å². The molecule has 178 valence electrons. The average Bonchev–Trinajstić information content (AvgIpc) is 3.27. The fourth-order valence-electron chi connectivity index (χ4n) is 5.31. The van der Waals surface area contributed by atoms with Crippen LogP contribution in [0.4, 0.5) is 0 Å². The summed E-state index contributed by atoms with van der Waals surface area (Å²) in [5.74, 6) is 1.25. The minimum Gasteiger partial charge on any atom is -0.348 e. The topological polar surface area (TPSA) is 55.9 Å². The van der Waals surface area contributed by atoms with Gasteiger partial charge in [-0.3, -0.25) is 19.4 Å². The summed E-state index contributed by atoms with van der Waals surface area (Å²) >= 11 is 1.78. The minimum absolute atomic E-state index is 0. The first kappa shape index (κ1) is 23.6. The SMILES string of the molecule is CCSc1ccc(C(=O)NC2CCN(CC(=O)N3CCN(C4CCCCC4)CC3)C2)cc1.[HH]. The van der Waals surface area contributed by atoms with E-state index in [1.807, 2.05) is 29.2 Å². The molecule has 4 rings (SSSR count). The van der Waals surface area contributed by atoms with Crippen molar-refractivity contribution in [2.24, 2.45) is 0 Å². The van der Waals surface area contributed by atoms with Crippen LogP contribution in [0.25, 0.3) is 0 Å². The number of piperazine rings is 1. The number of carbonyl (C=O) groups is 2. The highest BCUT2D eigenvalue weighted by molar-refractivity contribution is 7.99. The molecule has 7 heteroatoms. The molecule has 3 aliphatic rings. The Morgan fingerprint density at radius 3 is 2.41 bits per heavy atom. The lowest BCUT2D eigenvalue weighted by Gasteiger charge is -2.41. The quantitative estimate of drug-likeness (QED) is 0.633. The highest BCUT2D eigenvalue weighted by atomic mass is 32.2. The second-order valence-corrected chi connectivity index (χ2v) is 10.7. The number of nitrogens with zero attached hydrogens (tertiary/aromatic N) is 3. The van der Waals surface area contributed by atoms with Crippen molar-refractivity contribution in [2.45, 2.75) is 62.4 Å². The second kappa shape index (κ2) is 11.5. The van der Waals surface area contributed by atoms with Crippen molar-refractivity contribution >= 4 is 23.6 Å². The Morgan fingerprint density at radius 1 is 1.00 bits per heavy atom. The van der Waals surface area contributed by atoms with Crippen LogP contribution in [0.5, 0.6) is 0 Å². The molecule has 0 spiro atoms. The lowest BCUT2D eigenvalue weighted by atomic mass is 9.94. The van der Waals surface area contributed by atoms with Gasteiger partial charge in [0.25, 0.3) is 5.91 Å². The molecule has 1 N–H and O–H groups in total. The van der Waals surface area contributed by atoms with Gasteiger partial charge in [-0.15, -0.1) is 11.8 Å². The van der Waals surface area contributed by atoms with Gasteiger partial charge in [-0.1, -0.05) is 26.2 Å². The molecule has 0 aromatic heterocycles. The average molecular weight is 461 g/mol. The third kappa shape index (κ3) is 6.27. The van der Waals surface area contributed by atoms with E-state index in [9.17, 15) is 9.59 Å². The summed E-state index contributed by atoms with van der Waals surface area (Å²) < 4.78 is 0. The number of likely N-dealkylation sites (tertiary alicyclic amines) is 1. The molecule has 32 heavy (non-hydrogen) atoms. The van der Waals surface area contributed by atoms with Gasteiger partial charge in [-0.25, -0.2) is 0 Å². The molecular formula is C25H40N4O2S. The van der Waals surface area contributed by atoms with Crippen LogP contribution in [0.15, 0.2) is 29.2 Å². The number of benzene rings is 1. The zero-order chi connectivity index (χ0) is 22.3. The number of rotatable bonds is 7. The van der Waals surface area contributed by atoms with E-state index in [2.05, 4.69) is 22.0 Å². The largest absolute Gasteiger partial charge is 0.348 e. The number of nitrogens with one attached hydrogen (secondary N) is 1. The first-order valence-corrected chi connectivity index (χ1v) is 13.4. The third-order valence-electron chi connectivity index (χ3n) is 7.15. The first-order chi connectivity index (χ1) is 15.6. The molecule has 3 fully saturated rings. The minimum atomic E-state index is -0.0185. The van der Waals surface area contributed by atoms with Gasteiger partial charge < -0.3 is 10.2 Å². The Morgan fingerprint density at radius 2 is 1.72 bits per heavy atom. The lowest BCUT2D eigenvalue weighted by molar-refractivity contribution is -0.134. The molecule has 2 saturated heterocycles. The van der Waals surface area contributed by atoms with Crippen molar-refractivity contribution in [2.75, 3.05) is 51.6 Å². The molecule has 1 saturated carbocycles. The van der Waals surface area contributed by atoms with Crippen LogP contribution < -0.4 is 5.32 Å². The zero-order valence-electron chi connectivity index (χ0n) is 19.4. The van der Waals surface area contributed by atoms with Crippen molar-refractivity contribution in [1.29, 1.82) is 0 Å². The summed E-state index contributed by atoms with van der Waals surface area (Å²) in [5, 5.41) is 3.15. The van der Waals surface area contributed by atoms with Gasteiger partial charge in [0.05, 0.1) is 6.54 Å². The maximum atomic E-state index is 12.8. The van der Waals surface area contributed by atoms with Crippen molar-refractivity contribution in [3.05, 3.63) is 29.8 Å². The number of thioether (sulfide) groups is 1. The zero-order valence-corrected chi connectivity index (χ0v) is 20.2. The van der Waals surface area contributed by atoms with Crippen LogP contribution in [0.3, 0.4) is 0 Å². The molecule has 6 nitrogen and oxygen atoms in total. The normalized spacial score (nSPS) is 23.4. The fraction of sp³-hybridized carbons (Fsp3) is 0.680. The van der Waals surface area contributed by atoms with Crippen molar-refractivity contribution < 1.29 is 11.0 Å². The summed E-state index contributed by atoms with van der Waals surface area (Å²) in [6.07, 6.45) is 7.67. The van der Waals surface area contributed by atoms with Crippen LogP contribution in [0.1, 0.15) is 57.2 Å². The van der Waals surface area contributed by atoms with Gasteiger partial charge in [0.15, 0.2) is 0 Å². The predicted molar refractivity (Wildman–Crippen MR) is 132 cm³/mol. The Hall–Kier alpha value is -1.57. The number of hydrogen-bond donors (Lipinski definition) is 1. The Balaban J connectivity index is 0.00000306. The van der Waals surface area contributed by atoms with Gasteiger partial charge in [0, 0.05) is 63.2 Å². The van der Waals surface area contributed by atoms with E-state index in [1.165, 1.54) is 37.0 Å². The monoisotopic (exact) mass is 460 g/mol. The molecule has 0 radical (unpaired) electrons. The first-order valence-electron chi connectivity index (χ1n) is 12.4. The van der Waals surface area contributed by atoms with Crippen LogP contribution in [-0.4, -0.2) is 90.2 Å². The van der Waals surface area contributed by atoms with Crippen molar-refractivity contribution in [3.63, 3.8) is 0 Å². The van der Waals surface area contributed by atoms with Crippen LogP contribution >= 0.6 is 11.8 Å². The van der Waals surface area contributed by atoms with Crippen LogP contribution in [-0.2, 0) is 4.79 Å². The van der Waals surface area contributed by atoms with Gasteiger partial charge in [-0.05, 0) is 49.3 Å². The van der Waals surface area contributed by atoms with Crippen LogP contribution in [0.2, 0.25) is 0 Å². The van der Waals surface area contributed by atoms with E-state index < -0.39 is 0 Å². The van der Waals surface area contributed by atoms with Crippen molar-refractivity contribution in [1.82, 2.24) is 20.0 Å². The summed E-state index contributed by atoms with van der Waals surface area (Å²) in [6, 6.07) is 8.68. The molecular weight excluding hydrogens is 420 g/mol. The molecule has 1 unspecified atom stereocenters. The molecule has 0 bridgehead atoms. The van der Waals surface area contributed by atoms with Gasteiger partial charge >= 0.3 is 0 Å². The summed E-state index contributed by atoms with van der Waals surface area (Å²) in [6.45, 7) is 7.97. The molecule has 2 aliphatic heterocycles. The maximum Gasteiger partial charge on any atom is 0.251 e. The maximum absolute atomic E-state index is 12.8. The summed E-state index contributed by atoms with van der Waals surface area (Å²) in [7, 11) is 0. The van der Waals surface area contributed by atoms with E-state index >= 15 is 0 Å². The number of amides is 2. The number of hydrogen-bond acceptors (Lipinski definition) is 5. The molecule has 1 atom stereocenters. The molecule has 2 heterocycles.